The van der Waals surface area contributed by atoms with Crippen LogP contribution in [0, 0.1) is 5.92 Å². The number of hydrogen-bond acceptors (Lipinski definition) is 6. The summed E-state index contributed by atoms with van der Waals surface area (Å²) >= 11 is 0. The van der Waals surface area contributed by atoms with Crippen LogP contribution in [0.4, 0.5) is 0 Å². The van der Waals surface area contributed by atoms with Gasteiger partial charge in [-0.1, -0.05) is 38.5 Å². The Morgan fingerprint density at radius 1 is 1.05 bits per heavy atom. The highest BCUT2D eigenvalue weighted by atomic mass is 16.4. The minimum Gasteiger partial charge on any atom is -0.480 e. The quantitative estimate of drug-likeness (QED) is 0.0832. The fraction of sp³-hybridized carbons (Fsp3) is 0.480. The highest BCUT2D eigenvalue weighted by molar-refractivity contribution is 5.94. The number of nitrogens with one attached hydrogen (secondary N) is 4. The Morgan fingerprint density at radius 2 is 1.76 bits per heavy atom. The fourth-order valence-electron chi connectivity index (χ4n) is 3.96. The number of aliphatic carboxylic acids is 1. The number of para-hydroxylation sites is 1. The van der Waals surface area contributed by atoms with Crippen molar-refractivity contribution in [3.05, 3.63) is 36.0 Å². The van der Waals surface area contributed by atoms with Gasteiger partial charge in [0.05, 0.1) is 6.54 Å². The zero-order chi connectivity index (χ0) is 28.2. The van der Waals surface area contributed by atoms with E-state index in [-0.39, 0.29) is 37.8 Å². The van der Waals surface area contributed by atoms with Crippen LogP contribution in [-0.2, 0) is 25.6 Å². The summed E-state index contributed by atoms with van der Waals surface area (Å²) < 4.78 is 0. The summed E-state index contributed by atoms with van der Waals surface area (Å²) in [5.74, 6) is -3.39. The van der Waals surface area contributed by atoms with Crippen molar-refractivity contribution in [1.82, 2.24) is 20.9 Å². The van der Waals surface area contributed by atoms with Crippen molar-refractivity contribution in [3.63, 3.8) is 0 Å². The second kappa shape index (κ2) is 14.6. The Morgan fingerprint density at radius 3 is 2.39 bits per heavy atom. The first-order chi connectivity index (χ1) is 18.1. The molecule has 0 bridgehead atoms. The summed E-state index contributed by atoms with van der Waals surface area (Å²) in [5.41, 5.74) is 17.6. The Balaban J connectivity index is 2.17. The number of nitrogens with zero attached hydrogens (tertiary/aromatic N) is 1. The number of guanidine groups is 1. The van der Waals surface area contributed by atoms with Gasteiger partial charge in [-0.15, -0.1) is 0 Å². The molecule has 2 aromatic rings. The molecule has 0 aliphatic rings. The van der Waals surface area contributed by atoms with Crippen molar-refractivity contribution in [2.75, 3.05) is 13.1 Å². The number of carboxylic acids is 1. The monoisotopic (exact) mass is 530 g/mol. The molecule has 13 heteroatoms. The number of aromatic amines is 1. The third-order valence-electron chi connectivity index (χ3n) is 6.29. The molecule has 0 aliphatic carbocycles. The number of rotatable bonds is 15. The topological polar surface area (TPSA) is 231 Å². The van der Waals surface area contributed by atoms with Crippen molar-refractivity contribution in [3.8, 4) is 0 Å². The average molecular weight is 531 g/mol. The summed E-state index contributed by atoms with van der Waals surface area (Å²) in [6, 6.07) is 4.21. The van der Waals surface area contributed by atoms with E-state index >= 15 is 0 Å². The largest absolute Gasteiger partial charge is 0.480 e. The van der Waals surface area contributed by atoms with Gasteiger partial charge in [0.15, 0.2) is 5.96 Å². The Kier molecular flexibility index (Phi) is 11.5. The van der Waals surface area contributed by atoms with E-state index in [1.54, 1.807) is 13.1 Å². The van der Waals surface area contributed by atoms with Crippen molar-refractivity contribution >= 4 is 40.6 Å². The predicted octanol–water partition coefficient (Wildman–Crippen LogP) is -0.692. The summed E-state index contributed by atoms with van der Waals surface area (Å²) in [4.78, 5) is 57.3. The molecule has 1 heterocycles. The first-order valence-electron chi connectivity index (χ1n) is 12.5. The van der Waals surface area contributed by atoms with E-state index < -0.39 is 41.8 Å². The van der Waals surface area contributed by atoms with Crippen LogP contribution in [-0.4, -0.2) is 71.0 Å². The van der Waals surface area contributed by atoms with Crippen molar-refractivity contribution in [2.24, 2.45) is 28.1 Å². The molecule has 0 saturated carbocycles. The van der Waals surface area contributed by atoms with Gasteiger partial charge in [0.2, 0.25) is 17.7 Å². The van der Waals surface area contributed by atoms with Crippen molar-refractivity contribution < 1.29 is 24.3 Å². The maximum atomic E-state index is 13.3. The van der Waals surface area contributed by atoms with Gasteiger partial charge in [0, 0.05) is 30.1 Å². The van der Waals surface area contributed by atoms with E-state index in [9.17, 15) is 24.3 Å². The molecular formula is C25H38N8O5. The molecule has 1 aromatic carbocycles. The van der Waals surface area contributed by atoms with Gasteiger partial charge in [-0.3, -0.25) is 19.4 Å². The molecule has 0 fully saturated rings. The molecule has 1 aromatic heterocycles. The number of fused-ring (bicyclic) bond motifs is 1. The van der Waals surface area contributed by atoms with Crippen LogP contribution in [0.25, 0.3) is 10.9 Å². The molecule has 0 radical (unpaired) electrons. The SMILES string of the molecule is CCC(C)C(NC(=O)C(CCCN=C(N)N)NC(=O)CN)C(=O)NC(Cc1c[nH]c2ccccc12)C(=O)O. The summed E-state index contributed by atoms with van der Waals surface area (Å²) in [6.07, 6.45) is 2.87. The first kappa shape index (κ1) is 30.1. The van der Waals surface area contributed by atoms with Crippen LogP contribution in [0.1, 0.15) is 38.7 Å². The van der Waals surface area contributed by atoms with Gasteiger partial charge in [0.25, 0.3) is 0 Å². The molecule has 208 valence electrons. The lowest BCUT2D eigenvalue weighted by Crippen LogP contribution is -2.58. The molecule has 0 saturated heterocycles. The third-order valence-corrected chi connectivity index (χ3v) is 6.29. The highest BCUT2D eigenvalue weighted by Crippen LogP contribution is 2.19. The standard InChI is InChI=1S/C25H38N8O5/c1-3-14(2)21(33-22(35)18(31-20(34)12-26)9-6-10-29-25(27)28)23(36)32-19(24(37)38)11-15-13-30-17-8-5-4-7-16(15)17/h4-5,7-8,13-14,18-19,21,30H,3,6,9-12,26H2,1-2H3,(H,31,34)(H,32,36)(H,33,35)(H,37,38)(H4,27,28,29). The van der Waals surface area contributed by atoms with E-state index in [4.69, 9.17) is 17.2 Å². The number of carboxylic acid groups (broad SMARTS) is 1. The van der Waals surface area contributed by atoms with Crippen LogP contribution in [0.3, 0.4) is 0 Å². The average Bonchev–Trinajstić information content (AvgIpc) is 3.30. The lowest BCUT2D eigenvalue weighted by atomic mass is 9.96. The lowest BCUT2D eigenvalue weighted by Gasteiger charge is -2.27. The summed E-state index contributed by atoms with van der Waals surface area (Å²) in [6.45, 7) is 3.54. The molecule has 0 aliphatic heterocycles. The Hall–Kier alpha value is -4.13. The number of hydrogen-bond donors (Lipinski definition) is 8. The second-order valence-electron chi connectivity index (χ2n) is 9.11. The Labute approximate surface area is 221 Å². The maximum Gasteiger partial charge on any atom is 0.326 e. The van der Waals surface area contributed by atoms with Gasteiger partial charge < -0.3 is 43.2 Å². The van der Waals surface area contributed by atoms with Crippen LogP contribution >= 0.6 is 0 Å². The lowest BCUT2D eigenvalue weighted by molar-refractivity contribution is -0.142. The number of benzene rings is 1. The van der Waals surface area contributed by atoms with Crippen LogP contribution in [0.2, 0.25) is 0 Å². The van der Waals surface area contributed by atoms with Crippen molar-refractivity contribution in [2.45, 2.75) is 57.7 Å². The van der Waals surface area contributed by atoms with Gasteiger partial charge in [-0.2, -0.15) is 0 Å². The van der Waals surface area contributed by atoms with Crippen LogP contribution < -0.4 is 33.2 Å². The first-order valence-corrected chi connectivity index (χ1v) is 12.5. The normalized spacial score (nSPS) is 14.1. The van der Waals surface area contributed by atoms with Gasteiger partial charge in [0.1, 0.15) is 18.1 Å². The number of carbonyl (C=O) groups excluding carboxylic acids is 3. The molecule has 3 amide bonds. The smallest absolute Gasteiger partial charge is 0.326 e. The van der Waals surface area contributed by atoms with E-state index in [0.717, 1.165) is 16.5 Å². The zero-order valence-corrected chi connectivity index (χ0v) is 21.7. The molecule has 38 heavy (non-hydrogen) atoms. The minimum atomic E-state index is -1.22. The molecule has 13 nitrogen and oxygen atoms in total. The number of H-pyrrole nitrogens is 1. The Bertz CT molecular complexity index is 1140. The van der Waals surface area contributed by atoms with Gasteiger partial charge in [-0.25, -0.2) is 4.79 Å². The van der Waals surface area contributed by atoms with Crippen LogP contribution in [0.15, 0.2) is 35.5 Å². The van der Waals surface area contributed by atoms with Crippen molar-refractivity contribution in [1.29, 1.82) is 0 Å². The predicted molar refractivity (Wildman–Crippen MR) is 144 cm³/mol. The van der Waals surface area contributed by atoms with Gasteiger partial charge >= 0.3 is 5.97 Å². The third kappa shape index (κ3) is 8.76. The van der Waals surface area contributed by atoms with E-state index in [2.05, 4.69) is 25.9 Å². The maximum absolute atomic E-state index is 13.3. The molecule has 2 rings (SSSR count). The van der Waals surface area contributed by atoms with Crippen LogP contribution in [0.5, 0.6) is 0 Å². The van der Waals surface area contributed by atoms with E-state index in [1.807, 2.05) is 31.2 Å². The van der Waals surface area contributed by atoms with Gasteiger partial charge in [-0.05, 0) is 30.4 Å². The zero-order valence-electron chi connectivity index (χ0n) is 21.7. The molecule has 4 unspecified atom stereocenters. The molecular weight excluding hydrogens is 492 g/mol. The van der Waals surface area contributed by atoms with E-state index in [1.165, 1.54) is 0 Å². The second-order valence-corrected chi connectivity index (χ2v) is 9.11. The number of nitrogens with two attached hydrogens (primary N) is 3. The molecule has 11 N–H and O–H groups in total. The highest BCUT2D eigenvalue weighted by Gasteiger charge is 2.32. The number of aromatic nitrogens is 1. The number of carbonyl (C=O) groups is 4. The fourth-order valence-corrected chi connectivity index (χ4v) is 3.96. The minimum absolute atomic E-state index is 0.0479. The summed E-state index contributed by atoms with van der Waals surface area (Å²) in [5, 5.41) is 18.5. The molecule has 0 spiro atoms. The number of aliphatic imine (C=N–C) groups is 1. The summed E-state index contributed by atoms with van der Waals surface area (Å²) in [7, 11) is 0. The number of amides is 3. The molecule has 4 atom stereocenters. The van der Waals surface area contributed by atoms with E-state index in [0.29, 0.717) is 12.8 Å².